The molecule has 2 fully saturated rings. The summed E-state index contributed by atoms with van der Waals surface area (Å²) >= 11 is 5.92. The van der Waals surface area contributed by atoms with Crippen LogP contribution in [0.25, 0.3) is 0 Å². The van der Waals surface area contributed by atoms with Crippen LogP contribution in [0.4, 0.5) is 10.1 Å². The van der Waals surface area contributed by atoms with E-state index in [2.05, 4.69) is 10.2 Å². The molecule has 4 unspecified atom stereocenters. The molecule has 4 atom stereocenters. The van der Waals surface area contributed by atoms with Gasteiger partial charge in [0.25, 0.3) is 0 Å². The lowest BCUT2D eigenvalue weighted by Gasteiger charge is -2.28. The van der Waals surface area contributed by atoms with Crippen LogP contribution in [0.15, 0.2) is 42.5 Å². The van der Waals surface area contributed by atoms with Gasteiger partial charge < -0.3 is 19.9 Å². The van der Waals surface area contributed by atoms with Gasteiger partial charge in [0.2, 0.25) is 5.91 Å². The Kier molecular flexibility index (Phi) is 6.65. The first-order valence-electron chi connectivity index (χ1n) is 10.5. The first kappa shape index (κ1) is 21.9. The normalized spacial score (nSPS) is 26.1. The number of likely N-dealkylation sites (tertiary alicyclic amines) is 1. The fourth-order valence-electron chi connectivity index (χ4n) is 4.36. The van der Waals surface area contributed by atoms with E-state index in [0.29, 0.717) is 23.7 Å². The molecule has 6 nitrogen and oxygen atoms in total. The van der Waals surface area contributed by atoms with Crippen LogP contribution in [0, 0.1) is 5.82 Å². The third kappa shape index (κ3) is 5.29. The van der Waals surface area contributed by atoms with Crippen LogP contribution >= 0.6 is 11.6 Å². The Balaban J connectivity index is 1.36. The highest BCUT2D eigenvalue weighted by Gasteiger charge is 2.42. The second kappa shape index (κ2) is 9.42. The topological polar surface area (TPSA) is 71.0 Å². The van der Waals surface area contributed by atoms with Crippen molar-refractivity contribution in [2.45, 2.75) is 50.5 Å². The van der Waals surface area contributed by atoms with E-state index in [1.54, 1.807) is 12.1 Å². The summed E-state index contributed by atoms with van der Waals surface area (Å²) in [6.45, 7) is 2.92. The second-order valence-corrected chi connectivity index (χ2v) is 8.53. The lowest BCUT2D eigenvalue weighted by molar-refractivity contribution is -0.114. The molecular formula is C23H26ClFN2O4. The molecule has 0 bridgehead atoms. The summed E-state index contributed by atoms with van der Waals surface area (Å²) in [6.07, 6.45) is 1.13. The van der Waals surface area contributed by atoms with Gasteiger partial charge in [-0.1, -0.05) is 11.6 Å². The highest BCUT2D eigenvalue weighted by molar-refractivity contribution is 6.30. The van der Waals surface area contributed by atoms with Crippen LogP contribution in [-0.4, -0.2) is 53.4 Å². The first-order valence-corrected chi connectivity index (χ1v) is 10.8. The van der Waals surface area contributed by atoms with Crippen LogP contribution in [0.3, 0.4) is 0 Å². The van der Waals surface area contributed by atoms with Crippen molar-refractivity contribution < 1.29 is 23.8 Å². The predicted octanol–water partition coefficient (Wildman–Crippen LogP) is 3.86. The zero-order valence-electron chi connectivity index (χ0n) is 17.3. The SMILES string of the molecule is CC(=O)Nc1ccc(F)cc1OC1CCC(N2CCC(Oc3ccc(Cl)cc3)C2)C1O. The molecule has 1 amide bonds. The Hall–Kier alpha value is -2.35. The maximum Gasteiger partial charge on any atom is 0.221 e. The molecule has 4 rings (SSSR count). The average Bonchev–Trinajstić information content (AvgIpc) is 3.32. The third-order valence-electron chi connectivity index (χ3n) is 5.82. The fraction of sp³-hybridized carbons (Fsp3) is 0.435. The van der Waals surface area contributed by atoms with Crippen LogP contribution < -0.4 is 14.8 Å². The Labute approximate surface area is 185 Å². The van der Waals surface area contributed by atoms with Crippen molar-refractivity contribution in [2.75, 3.05) is 18.4 Å². The first-order chi connectivity index (χ1) is 14.9. The predicted molar refractivity (Wildman–Crippen MR) is 116 cm³/mol. The summed E-state index contributed by atoms with van der Waals surface area (Å²) in [4.78, 5) is 13.7. The Morgan fingerprint density at radius 1 is 1.16 bits per heavy atom. The number of benzene rings is 2. The van der Waals surface area contributed by atoms with Crippen LogP contribution in [0.5, 0.6) is 11.5 Å². The molecule has 8 heteroatoms. The van der Waals surface area contributed by atoms with Crippen molar-refractivity contribution in [1.82, 2.24) is 4.90 Å². The zero-order chi connectivity index (χ0) is 22.0. The molecule has 1 aliphatic carbocycles. The number of hydrogen-bond acceptors (Lipinski definition) is 5. The van der Waals surface area contributed by atoms with E-state index in [1.165, 1.54) is 25.1 Å². The van der Waals surface area contributed by atoms with Crippen molar-refractivity contribution in [1.29, 1.82) is 0 Å². The van der Waals surface area contributed by atoms with Crippen molar-refractivity contribution in [2.24, 2.45) is 0 Å². The van der Waals surface area contributed by atoms with Crippen molar-refractivity contribution in [3.8, 4) is 11.5 Å². The number of ether oxygens (including phenoxy) is 2. The van der Waals surface area contributed by atoms with Gasteiger partial charge in [0.15, 0.2) is 0 Å². The molecule has 2 aliphatic rings. The van der Waals surface area contributed by atoms with Gasteiger partial charge in [0.05, 0.1) is 5.69 Å². The van der Waals surface area contributed by atoms with Crippen molar-refractivity contribution in [3.05, 3.63) is 53.3 Å². The number of carbonyl (C=O) groups excluding carboxylic acids is 1. The van der Waals surface area contributed by atoms with Crippen molar-refractivity contribution >= 4 is 23.2 Å². The van der Waals surface area contributed by atoms with Crippen LogP contribution in [-0.2, 0) is 4.79 Å². The highest BCUT2D eigenvalue weighted by atomic mass is 35.5. The molecule has 2 N–H and O–H groups in total. The molecule has 0 spiro atoms. The van der Waals surface area contributed by atoms with Gasteiger partial charge in [-0.2, -0.15) is 0 Å². The maximum absolute atomic E-state index is 13.7. The summed E-state index contributed by atoms with van der Waals surface area (Å²) in [5.41, 5.74) is 0.391. The zero-order valence-corrected chi connectivity index (χ0v) is 18.0. The van der Waals surface area contributed by atoms with Gasteiger partial charge in [0, 0.05) is 37.1 Å². The fourth-order valence-corrected chi connectivity index (χ4v) is 4.48. The largest absolute Gasteiger partial charge is 0.489 e. The van der Waals surface area contributed by atoms with E-state index in [4.69, 9.17) is 21.1 Å². The molecule has 1 aliphatic heterocycles. The van der Waals surface area contributed by atoms with Gasteiger partial charge in [-0.05, 0) is 55.7 Å². The van der Waals surface area contributed by atoms with E-state index in [0.717, 1.165) is 25.1 Å². The Morgan fingerprint density at radius 2 is 1.94 bits per heavy atom. The quantitative estimate of drug-likeness (QED) is 0.702. The highest BCUT2D eigenvalue weighted by Crippen LogP contribution is 2.34. The number of anilines is 1. The number of nitrogens with one attached hydrogen (secondary N) is 1. The minimum atomic E-state index is -0.720. The lowest BCUT2D eigenvalue weighted by Crippen LogP contribution is -2.44. The maximum atomic E-state index is 13.7. The summed E-state index contributed by atoms with van der Waals surface area (Å²) in [7, 11) is 0. The molecular weight excluding hydrogens is 423 g/mol. The molecule has 1 saturated carbocycles. The van der Waals surface area contributed by atoms with Gasteiger partial charge in [-0.15, -0.1) is 0 Å². The number of carbonyl (C=O) groups is 1. The molecule has 1 heterocycles. The molecule has 31 heavy (non-hydrogen) atoms. The number of nitrogens with zero attached hydrogens (tertiary/aromatic N) is 1. The standard InChI is InChI=1S/C23H26ClFN2O4/c1-14(28)26-19-7-4-16(25)12-22(19)31-21-9-8-20(23(21)29)27-11-10-18(13-27)30-17-5-2-15(24)3-6-17/h2-7,12,18,20-21,23,29H,8-11,13H2,1H3,(H,26,28). The van der Waals surface area contributed by atoms with Gasteiger partial charge >= 0.3 is 0 Å². The average molecular weight is 449 g/mol. The number of rotatable bonds is 6. The van der Waals surface area contributed by atoms with Crippen molar-refractivity contribution in [3.63, 3.8) is 0 Å². The van der Waals surface area contributed by atoms with E-state index in [-0.39, 0.29) is 23.8 Å². The van der Waals surface area contributed by atoms with Crippen LogP contribution in [0.2, 0.25) is 5.02 Å². The Morgan fingerprint density at radius 3 is 2.68 bits per heavy atom. The van der Waals surface area contributed by atoms with Gasteiger partial charge in [-0.3, -0.25) is 9.69 Å². The molecule has 2 aromatic rings. The number of halogens is 2. The Bertz CT molecular complexity index is 926. The minimum Gasteiger partial charge on any atom is -0.489 e. The number of aliphatic hydroxyl groups is 1. The summed E-state index contributed by atoms with van der Waals surface area (Å²) < 4.78 is 25.7. The summed E-state index contributed by atoms with van der Waals surface area (Å²) in [6, 6.07) is 11.2. The number of amides is 1. The summed E-state index contributed by atoms with van der Waals surface area (Å²) in [5.74, 6) is 0.270. The number of aliphatic hydroxyl groups excluding tert-OH is 1. The molecule has 0 aromatic heterocycles. The molecule has 166 valence electrons. The molecule has 1 saturated heterocycles. The van der Waals surface area contributed by atoms with Crippen LogP contribution in [0.1, 0.15) is 26.2 Å². The van der Waals surface area contributed by atoms with Gasteiger partial charge in [0.1, 0.15) is 35.6 Å². The van der Waals surface area contributed by atoms with E-state index < -0.39 is 18.0 Å². The summed E-state index contributed by atoms with van der Waals surface area (Å²) in [5, 5.41) is 14.2. The lowest BCUT2D eigenvalue weighted by atomic mass is 10.1. The van der Waals surface area contributed by atoms with E-state index in [1.807, 2.05) is 12.1 Å². The van der Waals surface area contributed by atoms with E-state index in [9.17, 15) is 14.3 Å². The second-order valence-electron chi connectivity index (χ2n) is 8.09. The number of hydrogen-bond donors (Lipinski definition) is 2. The third-order valence-corrected chi connectivity index (χ3v) is 6.07. The minimum absolute atomic E-state index is 0.0444. The smallest absolute Gasteiger partial charge is 0.221 e. The molecule has 2 aromatic carbocycles. The molecule has 0 radical (unpaired) electrons. The van der Waals surface area contributed by atoms with Gasteiger partial charge in [-0.25, -0.2) is 4.39 Å². The van der Waals surface area contributed by atoms with E-state index >= 15 is 0 Å². The monoisotopic (exact) mass is 448 g/mol.